The molecule has 2 unspecified atom stereocenters. The van der Waals surface area contributed by atoms with Crippen molar-refractivity contribution >= 4 is 11.3 Å². The highest BCUT2D eigenvalue weighted by Crippen LogP contribution is 2.29. The maximum absolute atomic E-state index is 9.18. The molecule has 0 aliphatic carbocycles. The zero-order valence-electron chi connectivity index (χ0n) is 11.5. The molecule has 1 aliphatic heterocycles. The number of thiophene rings is 1. The van der Waals surface area contributed by atoms with Crippen molar-refractivity contribution in [3.8, 4) is 0 Å². The van der Waals surface area contributed by atoms with E-state index in [1.54, 1.807) is 0 Å². The van der Waals surface area contributed by atoms with E-state index in [0.29, 0.717) is 18.4 Å². The van der Waals surface area contributed by atoms with Crippen molar-refractivity contribution in [3.05, 3.63) is 22.4 Å². The maximum Gasteiger partial charge on any atom is 0.0459 e. The molecule has 0 aromatic carbocycles. The largest absolute Gasteiger partial charge is 0.396 e. The summed E-state index contributed by atoms with van der Waals surface area (Å²) in [6, 6.07) is 2.28. The van der Waals surface area contributed by atoms with Crippen LogP contribution in [0.2, 0.25) is 0 Å². The number of aliphatic hydroxyl groups excluding tert-OH is 1. The van der Waals surface area contributed by atoms with E-state index in [4.69, 9.17) is 0 Å². The second kappa shape index (κ2) is 6.69. The minimum atomic E-state index is 0.312. The Kier molecular flexibility index (Phi) is 5.22. The molecule has 1 aromatic rings. The Hall–Kier alpha value is -0.380. The van der Waals surface area contributed by atoms with Gasteiger partial charge in [0.25, 0.3) is 0 Å². The van der Waals surface area contributed by atoms with Crippen LogP contribution in [0.1, 0.15) is 38.2 Å². The average Bonchev–Trinajstić information content (AvgIpc) is 2.92. The third-order valence-electron chi connectivity index (χ3n) is 4.41. The van der Waals surface area contributed by atoms with E-state index in [2.05, 4.69) is 35.6 Å². The Morgan fingerprint density at radius 2 is 2.06 bits per heavy atom. The molecule has 1 N–H and O–H groups in total. The van der Waals surface area contributed by atoms with Crippen LogP contribution < -0.4 is 0 Å². The summed E-state index contributed by atoms with van der Waals surface area (Å²) < 4.78 is 0. The predicted molar refractivity (Wildman–Crippen MR) is 78.1 cm³/mol. The molecule has 1 aliphatic rings. The lowest BCUT2D eigenvalue weighted by atomic mass is 9.90. The van der Waals surface area contributed by atoms with Crippen LogP contribution in [0, 0.1) is 11.8 Å². The Labute approximate surface area is 115 Å². The molecule has 0 saturated carbocycles. The summed E-state index contributed by atoms with van der Waals surface area (Å²) in [5.41, 5.74) is 1.54. The van der Waals surface area contributed by atoms with Crippen molar-refractivity contribution in [1.82, 2.24) is 4.90 Å². The van der Waals surface area contributed by atoms with E-state index in [1.807, 2.05) is 11.3 Å². The summed E-state index contributed by atoms with van der Waals surface area (Å²) in [7, 11) is 0. The monoisotopic (exact) mass is 267 g/mol. The zero-order valence-corrected chi connectivity index (χ0v) is 12.3. The topological polar surface area (TPSA) is 23.5 Å². The minimum Gasteiger partial charge on any atom is -0.396 e. The van der Waals surface area contributed by atoms with Crippen molar-refractivity contribution < 1.29 is 5.11 Å². The number of hydrogen-bond donors (Lipinski definition) is 1. The molecule has 2 atom stereocenters. The van der Waals surface area contributed by atoms with E-state index in [-0.39, 0.29) is 0 Å². The van der Waals surface area contributed by atoms with Crippen LogP contribution in [0.5, 0.6) is 0 Å². The third kappa shape index (κ3) is 3.56. The summed E-state index contributed by atoms with van der Waals surface area (Å²) in [6.45, 7) is 8.27. The lowest BCUT2D eigenvalue weighted by Crippen LogP contribution is -2.37. The number of aliphatic hydroxyl groups is 1. The van der Waals surface area contributed by atoms with Gasteiger partial charge in [-0.15, -0.1) is 0 Å². The summed E-state index contributed by atoms with van der Waals surface area (Å²) in [4.78, 5) is 2.57. The van der Waals surface area contributed by atoms with Crippen molar-refractivity contribution in [2.24, 2.45) is 11.8 Å². The maximum atomic E-state index is 9.18. The van der Waals surface area contributed by atoms with Gasteiger partial charge in [0.15, 0.2) is 0 Å². The van der Waals surface area contributed by atoms with Crippen LogP contribution in [-0.2, 0) is 0 Å². The number of piperidine rings is 1. The molecule has 2 heterocycles. The Bertz CT molecular complexity index is 330. The van der Waals surface area contributed by atoms with Crippen LogP contribution in [0.15, 0.2) is 16.8 Å². The van der Waals surface area contributed by atoms with Gasteiger partial charge in [-0.2, -0.15) is 11.3 Å². The molecule has 2 rings (SSSR count). The first-order valence-electron chi connectivity index (χ1n) is 7.06. The smallest absolute Gasteiger partial charge is 0.0459 e. The van der Waals surface area contributed by atoms with E-state index in [1.165, 1.54) is 31.5 Å². The van der Waals surface area contributed by atoms with Crippen LogP contribution in [0.3, 0.4) is 0 Å². The molecule has 0 bridgehead atoms. The summed E-state index contributed by atoms with van der Waals surface area (Å²) in [5.74, 6) is 1.78. The van der Waals surface area contributed by atoms with E-state index in [0.717, 1.165) is 12.5 Å². The highest BCUT2D eigenvalue weighted by atomic mass is 32.1. The van der Waals surface area contributed by atoms with Crippen LogP contribution in [0.25, 0.3) is 0 Å². The van der Waals surface area contributed by atoms with Gasteiger partial charge < -0.3 is 10.0 Å². The number of hydrogen-bond acceptors (Lipinski definition) is 3. The first-order chi connectivity index (χ1) is 8.70. The lowest BCUT2D eigenvalue weighted by molar-refractivity contribution is 0.134. The molecular formula is C15H25NOS. The van der Waals surface area contributed by atoms with Gasteiger partial charge in [-0.1, -0.05) is 13.8 Å². The second-order valence-electron chi connectivity index (χ2n) is 5.77. The van der Waals surface area contributed by atoms with Crippen molar-refractivity contribution in [2.45, 2.75) is 32.6 Å². The normalized spacial score (nSPS) is 21.9. The van der Waals surface area contributed by atoms with E-state index in [9.17, 15) is 5.11 Å². The third-order valence-corrected chi connectivity index (χ3v) is 5.11. The number of nitrogens with zero attached hydrogens (tertiary/aromatic N) is 1. The molecular weight excluding hydrogens is 242 g/mol. The number of rotatable bonds is 5. The summed E-state index contributed by atoms with van der Waals surface area (Å²) in [5, 5.41) is 13.7. The highest BCUT2D eigenvalue weighted by molar-refractivity contribution is 7.07. The van der Waals surface area contributed by atoms with Crippen LogP contribution >= 0.6 is 11.3 Å². The second-order valence-corrected chi connectivity index (χ2v) is 6.55. The average molecular weight is 267 g/mol. The molecule has 102 valence electrons. The van der Waals surface area contributed by atoms with E-state index >= 15 is 0 Å². The zero-order chi connectivity index (χ0) is 13.0. The predicted octanol–water partition coefficient (Wildman–Crippen LogP) is 3.19. The van der Waals surface area contributed by atoms with Crippen molar-refractivity contribution in [1.29, 1.82) is 0 Å². The Morgan fingerprint density at radius 1 is 1.33 bits per heavy atom. The molecule has 1 fully saturated rings. The fraction of sp³-hybridized carbons (Fsp3) is 0.733. The standard InChI is InChI=1S/C15H25NOS/c1-12(13(2)10-17)9-16-6-3-14(4-7-16)15-5-8-18-11-15/h5,8,11-14,17H,3-4,6-7,9-10H2,1-2H3. The lowest BCUT2D eigenvalue weighted by Gasteiger charge is -2.34. The van der Waals surface area contributed by atoms with Gasteiger partial charge >= 0.3 is 0 Å². The molecule has 2 nitrogen and oxygen atoms in total. The minimum absolute atomic E-state index is 0.312. The van der Waals surface area contributed by atoms with Gasteiger partial charge in [-0.05, 0) is 66.1 Å². The fourth-order valence-electron chi connectivity index (χ4n) is 2.72. The van der Waals surface area contributed by atoms with Gasteiger partial charge in [0.1, 0.15) is 0 Å². The number of likely N-dealkylation sites (tertiary alicyclic amines) is 1. The summed E-state index contributed by atoms with van der Waals surface area (Å²) >= 11 is 1.81. The van der Waals surface area contributed by atoms with Crippen molar-refractivity contribution in [2.75, 3.05) is 26.2 Å². The van der Waals surface area contributed by atoms with Crippen LogP contribution in [0.4, 0.5) is 0 Å². The highest BCUT2D eigenvalue weighted by Gasteiger charge is 2.23. The SMILES string of the molecule is CC(CO)C(C)CN1CCC(c2ccsc2)CC1. The van der Waals surface area contributed by atoms with E-state index < -0.39 is 0 Å². The first kappa shape index (κ1) is 14.0. The van der Waals surface area contributed by atoms with Gasteiger partial charge in [0.05, 0.1) is 0 Å². The van der Waals surface area contributed by atoms with Crippen molar-refractivity contribution in [3.63, 3.8) is 0 Å². The van der Waals surface area contributed by atoms with Gasteiger partial charge in [0.2, 0.25) is 0 Å². The first-order valence-corrected chi connectivity index (χ1v) is 8.00. The molecule has 1 aromatic heterocycles. The van der Waals surface area contributed by atoms with Gasteiger partial charge in [-0.25, -0.2) is 0 Å². The molecule has 18 heavy (non-hydrogen) atoms. The Balaban J connectivity index is 1.77. The summed E-state index contributed by atoms with van der Waals surface area (Å²) in [6.07, 6.45) is 2.58. The van der Waals surface area contributed by atoms with Gasteiger partial charge in [-0.3, -0.25) is 0 Å². The quantitative estimate of drug-likeness (QED) is 0.885. The molecule has 1 saturated heterocycles. The molecule has 0 radical (unpaired) electrons. The Morgan fingerprint density at radius 3 is 2.61 bits per heavy atom. The van der Waals surface area contributed by atoms with Gasteiger partial charge in [0, 0.05) is 13.2 Å². The fourth-order valence-corrected chi connectivity index (χ4v) is 3.47. The van der Waals surface area contributed by atoms with Crippen LogP contribution in [-0.4, -0.2) is 36.2 Å². The molecule has 3 heteroatoms. The molecule has 0 spiro atoms. The molecule has 0 amide bonds.